The summed E-state index contributed by atoms with van der Waals surface area (Å²) in [6.07, 6.45) is 27.5. The molecule has 0 spiro atoms. The first-order valence-electron chi connectivity index (χ1n) is 25.5. The van der Waals surface area contributed by atoms with E-state index in [0.29, 0.717) is 6.42 Å². The molecule has 0 bridgehead atoms. The number of rotatable bonds is 43. The van der Waals surface area contributed by atoms with Crippen molar-refractivity contribution in [3.8, 4) is 0 Å². The average Bonchev–Trinajstić information content (AvgIpc) is 3.25. The van der Waals surface area contributed by atoms with Crippen LogP contribution < -0.4 is 5.32 Å². The van der Waals surface area contributed by atoms with Crippen molar-refractivity contribution in [1.82, 2.24) is 10.2 Å². The van der Waals surface area contributed by atoms with Gasteiger partial charge < -0.3 is 50.3 Å². The summed E-state index contributed by atoms with van der Waals surface area (Å²) >= 11 is 0. The third-order valence-electron chi connectivity index (χ3n) is 12.6. The summed E-state index contributed by atoms with van der Waals surface area (Å²) in [7, 11) is 0. The van der Waals surface area contributed by atoms with Gasteiger partial charge in [-0.05, 0) is 51.7 Å². The van der Waals surface area contributed by atoms with Gasteiger partial charge in [0.05, 0.1) is 25.4 Å². The van der Waals surface area contributed by atoms with E-state index in [0.717, 1.165) is 51.4 Å². The lowest BCUT2D eigenvalue weighted by Gasteiger charge is -2.40. The van der Waals surface area contributed by atoms with Crippen LogP contribution in [0.5, 0.6) is 0 Å². The van der Waals surface area contributed by atoms with Crippen molar-refractivity contribution in [1.29, 1.82) is 0 Å². The number of carbonyl (C=O) groups is 1. The molecule has 1 heterocycles. The number of aliphatic hydroxyl groups excluding tert-OH is 6. The third kappa shape index (κ3) is 28.7. The first kappa shape index (κ1) is 57.1. The van der Waals surface area contributed by atoms with Crippen LogP contribution in [0.1, 0.15) is 226 Å². The lowest BCUT2D eigenvalue weighted by Crippen LogP contribution is -2.60. The van der Waals surface area contributed by atoms with Crippen LogP contribution in [0.25, 0.3) is 0 Å². The Bertz CT molecular complexity index is 932. The van der Waals surface area contributed by atoms with Crippen LogP contribution in [0, 0.1) is 0 Å². The molecule has 11 heteroatoms. The smallest absolute Gasteiger partial charge is 0.220 e. The number of nitrogens with one attached hydrogen (secondary N) is 1. The number of amides is 1. The molecule has 0 saturated carbocycles. The molecule has 0 aliphatic carbocycles. The molecule has 0 aromatic heterocycles. The van der Waals surface area contributed by atoms with Crippen molar-refractivity contribution in [2.24, 2.45) is 0 Å². The average molecular weight is 859 g/mol. The van der Waals surface area contributed by atoms with Crippen LogP contribution in [-0.2, 0) is 14.3 Å². The van der Waals surface area contributed by atoms with E-state index in [1.807, 2.05) is 0 Å². The molecule has 358 valence electrons. The fourth-order valence-corrected chi connectivity index (χ4v) is 8.44. The molecular weight excluding hydrogens is 761 g/mol. The van der Waals surface area contributed by atoms with Crippen LogP contribution >= 0.6 is 0 Å². The number of nitrogens with zero attached hydrogens (tertiary/aromatic N) is 1. The highest BCUT2D eigenvalue weighted by atomic mass is 16.7. The van der Waals surface area contributed by atoms with Gasteiger partial charge in [-0.15, -0.1) is 0 Å². The fourth-order valence-electron chi connectivity index (χ4n) is 8.44. The molecule has 7 N–H and O–H groups in total. The summed E-state index contributed by atoms with van der Waals surface area (Å²) in [6, 6.07) is -0.991. The zero-order valence-corrected chi connectivity index (χ0v) is 39.1. The molecule has 0 aromatic carbocycles. The largest absolute Gasteiger partial charge is 0.394 e. The summed E-state index contributed by atoms with van der Waals surface area (Å²) in [6.45, 7) is 9.60. The Balaban J connectivity index is 2.46. The zero-order chi connectivity index (χ0) is 44.1. The molecule has 1 aliphatic rings. The topological polar surface area (TPSA) is 172 Å². The highest BCUT2D eigenvalue weighted by Crippen LogP contribution is 2.23. The summed E-state index contributed by atoms with van der Waals surface area (Å²) < 4.78 is 11.2. The standard InChI is InChI=1S/C49H98N2O9/c1-4-7-10-13-14-15-16-17-18-21-24-29-34-42(53)45(55)41(40-59-49-48(58)47(57)46(56)43(39-52)60-49)50-44(54)35-30-25-22-19-20-23-28-33-38-51(36-31-26-11-8-5-2)37-32-27-12-9-6-3/h41-43,45-49,52-53,55-58H,4-40H2,1-3H3,(H,50,54)/t41?,42-,43?,45+,46+,47+,48-,49+/m1/s1. The second-order valence-electron chi connectivity index (χ2n) is 18.2. The van der Waals surface area contributed by atoms with Gasteiger partial charge in [0.2, 0.25) is 5.91 Å². The van der Waals surface area contributed by atoms with Gasteiger partial charge in [0.15, 0.2) is 6.29 Å². The molecule has 1 amide bonds. The molecule has 8 atom stereocenters. The van der Waals surface area contributed by atoms with E-state index in [9.17, 15) is 35.4 Å². The summed E-state index contributed by atoms with van der Waals surface area (Å²) in [4.78, 5) is 15.8. The SMILES string of the molecule is CCCCCCCCCCCCCC[C@@H](O)[C@@H](O)C(CO[C@H]1OC(CO)[C@H](O)[C@H](O)[C@H]1O)NC(=O)CCCCCCCCCCN(CCCCCCC)CCCCCCC. The molecule has 0 radical (unpaired) electrons. The van der Waals surface area contributed by atoms with Gasteiger partial charge in [-0.3, -0.25) is 4.79 Å². The van der Waals surface area contributed by atoms with Gasteiger partial charge in [0, 0.05) is 6.42 Å². The molecule has 1 fully saturated rings. The maximum absolute atomic E-state index is 13.1. The Kier molecular flexibility index (Phi) is 37.8. The highest BCUT2D eigenvalue weighted by molar-refractivity contribution is 5.76. The lowest BCUT2D eigenvalue weighted by molar-refractivity contribution is -0.303. The first-order valence-corrected chi connectivity index (χ1v) is 25.5. The minimum absolute atomic E-state index is 0.255. The quantitative estimate of drug-likeness (QED) is 0.0294. The molecule has 11 nitrogen and oxygen atoms in total. The normalized spacial score (nSPS) is 21.1. The van der Waals surface area contributed by atoms with Crippen molar-refractivity contribution in [3.05, 3.63) is 0 Å². The second-order valence-corrected chi connectivity index (χ2v) is 18.2. The van der Waals surface area contributed by atoms with E-state index in [2.05, 4.69) is 31.0 Å². The molecule has 1 saturated heterocycles. The maximum Gasteiger partial charge on any atom is 0.220 e. The van der Waals surface area contributed by atoms with Crippen LogP contribution in [0.15, 0.2) is 0 Å². The fraction of sp³-hybridized carbons (Fsp3) is 0.980. The molecule has 1 rings (SSSR count). The predicted octanol–water partition coefficient (Wildman–Crippen LogP) is 8.85. The monoisotopic (exact) mass is 859 g/mol. The minimum atomic E-state index is -1.61. The maximum atomic E-state index is 13.1. The van der Waals surface area contributed by atoms with Crippen molar-refractivity contribution in [2.45, 2.75) is 275 Å². The van der Waals surface area contributed by atoms with Gasteiger partial charge in [-0.1, -0.05) is 188 Å². The molecule has 60 heavy (non-hydrogen) atoms. The Morgan fingerprint density at radius 1 is 0.567 bits per heavy atom. The summed E-state index contributed by atoms with van der Waals surface area (Å²) in [5.41, 5.74) is 0. The Morgan fingerprint density at radius 3 is 1.40 bits per heavy atom. The van der Waals surface area contributed by atoms with E-state index in [1.54, 1.807) is 0 Å². The van der Waals surface area contributed by atoms with Crippen LogP contribution in [0.4, 0.5) is 0 Å². The number of unbranched alkanes of at least 4 members (excludes halogenated alkanes) is 26. The van der Waals surface area contributed by atoms with Crippen molar-refractivity contribution in [3.63, 3.8) is 0 Å². The van der Waals surface area contributed by atoms with E-state index in [-0.39, 0.29) is 18.9 Å². The summed E-state index contributed by atoms with van der Waals surface area (Å²) in [5, 5.41) is 65.4. The van der Waals surface area contributed by atoms with E-state index in [4.69, 9.17) is 9.47 Å². The Labute approximate surface area is 368 Å². The minimum Gasteiger partial charge on any atom is -0.394 e. The second kappa shape index (κ2) is 39.7. The lowest BCUT2D eigenvalue weighted by atomic mass is 9.98. The molecule has 1 aliphatic heterocycles. The van der Waals surface area contributed by atoms with E-state index < -0.39 is 55.6 Å². The van der Waals surface area contributed by atoms with Crippen molar-refractivity contribution < 1.29 is 44.9 Å². The molecule has 0 aromatic rings. The number of hydrogen-bond donors (Lipinski definition) is 7. The van der Waals surface area contributed by atoms with Crippen LogP contribution in [-0.4, -0.2) is 123 Å². The van der Waals surface area contributed by atoms with Crippen molar-refractivity contribution >= 4 is 5.91 Å². The molecule has 2 unspecified atom stereocenters. The van der Waals surface area contributed by atoms with Gasteiger partial charge in [-0.2, -0.15) is 0 Å². The van der Waals surface area contributed by atoms with Gasteiger partial charge in [0.1, 0.15) is 30.5 Å². The number of ether oxygens (including phenoxy) is 2. The number of hydrogen-bond acceptors (Lipinski definition) is 10. The third-order valence-corrected chi connectivity index (χ3v) is 12.6. The van der Waals surface area contributed by atoms with E-state index in [1.165, 1.54) is 161 Å². The zero-order valence-electron chi connectivity index (χ0n) is 39.1. The highest BCUT2D eigenvalue weighted by Gasteiger charge is 2.44. The molecular formula is C49H98N2O9. The number of aliphatic hydroxyl groups is 6. The predicted molar refractivity (Wildman–Crippen MR) is 245 cm³/mol. The summed E-state index contributed by atoms with van der Waals surface area (Å²) in [5.74, 6) is -0.255. The van der Waals surface area contributed by atoms with Crippen LogP contribution in [0.2, 0.25) is 0 Å². The van der Waals surface area contributed by atoms with E-state index >= 15 is 0 Å². The first-order chi connectivity index (χ1) is 29.2. The van der Waals surface area contributed by atoms with Gasteiger partial charge in [0.25, 0.3) is 0 Å². The van der Waals surface area contributed by atoms with Crippen molar-refractivity contribution in [2.75, 3.05) is 32.8 Å². The Morgan fingerprint density at radius 2 is 0.967 bits per heavy atom. The van der Waals surface area contributed by atoms with Gasteiger partial charge in [-0.25, -0.2) is 0 Å². The van der Waals surface area contributed by atoms with Crippen LogP contribution in [0.3, 0.4) is 0 Å². The number of carbonyl (C=O) groups excluding carboxylic acids is 1. The Hall–Kier alpha value is -0.890. The van der Waals surface area contributed by atoms with Gasteiger partial charge >= 0.3 is 0 Å².